The van der Waals surface area contributed by atoms with Crippen molar-refractivity contribution in [2.24, 2.45) is 0 Å². The summed E-state index contributed by atoms with van der Waals surface area (Å²) in [5.74, 6) is 0.533. The minimum absolute atomic E-state index is 0.0865. The number of amides is 2. The Morgan fingerprint density at radius 1 is 1.17 bits per heavy atom. The molecule has 0 radical (unpaired) electrons. The van der Waals surface area contributed by atoms with Crippen LogP contribution in [0.4, 0.5) is 0 Å². The molecule has 30 heavy (non-hydrogen) atoms. The van der Waals surface area contributed by atoms with E-state index in [2.05, 4.69) is 39.8 Å². The third-order valence-electron chi connectivity index (χ3n) is 5.38. The molecule has 6 heteroatoms. The van der Waals surface area contributed by atoms with E-state index >= 15 is 0 Å². The number of benzene rings is 2. The average Bonchev–Trinajstić information content (AvgIpc) is 3.18. The molecular weight excluding hydrogens is 394 g/mol. The van der Waals surface area contributed by atoms with Crippen LogP contribution in [0.25, 0.3) is 0 Å². The van der Waals surface area contributed by atoms with Gasteiger partial charge in [0.2, 0.25) is 5.91 Å². The molecule has 2 aromatic rings. The van der Waals surface area contributed by atoms with Gasteiger partial charge in [-0.25, -0.2) is 0 Å². The summed E-state index contributed by atoms with van der Waals surface area (Å²) in [7, 11) is 0. The van der Waals surface area contributed by atoms with Crippen molar-refractivity contribution in [3.63, 3.8) is 0 Å². The highest BCUT2D eigenvalue weighted by molar-refractivity contribution is 7.98. The molecule has 5 nitrogen and oxygen atoms in total. The molecule has 1 aliphatic rings. The van der Waals surface area contributed by atoms with Gasteiger partial charge in [-0.05, 0) is 49.5 Å². The molecule has 2 amide bonds. The van der Waals surface area contributed by atoms with Gasteiger partial charge < -0.3 is 10.6 Å². The number of carbonyl (C=O) groups excluding carboxylic acids is 2. The molecule has 1 fully saturated rings. The SMILES string of the molecule is CSCCC(NC(=O)c1cccc(C)c1)C(=O)NC1CCN(Cc2ccccc2)C1. The van der Waals surface area contributed by atoms with Gasteiger partial charge in [-0.1, -0.05) is 48.0 Å². The number of nitrogens with zero attached hydrogens (tertiary/aromatic N) is 1. The van der Waals surface area contributed by atoms with Crippen molar-refractivity contribution < 1.29 is 9.59 Å². The topological polar surface area (TPSA) is 61.4 Å². The standard InChI is InChI=1S/C24H31N3O2S/c1-18-7-6-10-20(15-18)23(28)26-22(12-14-30-2)24(29)25-21-11-13-27(17-21)16-19-8-4-3-5-9-19/h3-10,15,21-22H,11-14,16-17H2,1-2H3,(H,25,29)(H,26,28). The quantitative estimate of drug-likeness (QED) is 0.648. The fraction of sp³-hybridized carbons (Fsp3) is 0.417. The normalized spacial score (nSPS) is 17.5. The van der Waals surface area contributed by atoms with Crippen LogP contribution < -0.4 is 10.6 Å². The molecule has 0 bridgehead atoms. The van der Waals surface area contributed by atoms with Gasteiger partial charge in [-0.2, -0.15) is 11.8 Å². The molecule has 3 rings (SSSR count). The van der Waals surface area contributed by atoms with Crippen LogP contribution in [0, 0.1) is 6.92 Å². The molecule has 0 saturated carbocycles. The van der Waals surface area contributed by atoms with Crippen molar-refractivity contribution in [2.45, 2.75) is 38.4 Å². The monoisotopic (exact) mass is 425 g/mol. The summed E-state index contributed by atoms with van der Waals surface area (Å²) in [6, 6.07) is 17.4. The molecule has 2 aromatic carbocycles. The summed E-state index contributed by atoms with van der Waals surface area (Å²) in [5, 5.41) is 6.11. The highest BCUT2D eigenvalue weighted by atomic mass is 32.2. The summed E-state index contributed by atoms with van der Waals surface area (Å²) in [5.41, 5.74) is 2.90. The number of rotatable bonds is 9. The fourth-order valence-corrected chi connectivity index (χ4v) is 4.24. The van der Waals surface area contributed by atoms with Crippen LogP contribution in [0.2, 0.25) is 0 Å². The lowest BCUT2D eigenvalue weighted by molar-refractivity contribution is -0.123. The van der Waals surface area contributed by atoms with Gasteiger partial charge in [0.25, 0.3) is 5.91 Å². The fourth-order valence-electron chi connectivity index (χ4n) is 3.77. The molecule has 2 N–H and O–H groups in total. The van der Waals surface area contributed by atoms with E-state index in [1.807, 2.05) is 37.4 Å². The van der Waals surface area contributed by atoms with Gasteiger partial charge in [-0.3, -0.25) is 14.5 Å². The molecule has 1 heterocycles. The van der Waals surface area contributed by atoms with E-state index in [1.165, 1.54) is 5.56 Å². The Bertz CT molecular complexity index is 843. The molecule has 0 aliphatic carbocycles. The van der Waals surface area contributed by atoms with E-state index in [9.17, 15) is 9.59 Å². The summed E-state index contributed by atoms with van der Waals surface area (Å²) < 4.78 is 0. The minimum atomic E-state index is -0.520. The van der Waals surface area contributed by atoms with Crippen molar-refractivity contribution in [3.8, 4) is 0 Å². The predicted molar refractivity (Wildman–Crippen MR) is 124 cm³/mol. The highest BCUT2D eigenvalue weighted by Gasteiger charge is 2.28. The van der Waals surface area contributed by atoms with Crippen molar-refractivity contribution in [3.05, 3.63) is 71.3 Å². The lowest BCUT2D eigenvalue weighted by Gasteiger charge is -2.21. The largest absolute Gasteiger partial charge is 0.350 e. The van der Waals surface area contributed by atoms with Crippen LogP contribution in [0.5, 0.6) is 0 Å². The van der Waals surface area contributed by atoms with Crippen LogP contribution in [0.3, 0.4) is 0 Å². The first-order valence-corrected chi connectivity index (χ1v) is 11.9. The molecule has 160 valence electrons. The number of hydrogen-bond donors (Lipinski definition) is 2. The first kappa shape index (κ1) is 22.4. The lowest BCUT2D eigenvalue weighted by atomic mass is 10.1. The van der Waals surface area contributed by atoms with Gasteiger partial charge in [0.05, 0.1) is 0 Å². The number of thioether (sulfide) groups is 1. The molecular formula is C24H31N3O2S. The maximum Gasteiger partial charge on any atom is 0.251 e. The predicted octanol–water partition coefficient (Wildman–Crippen LogP) is 3.24. The van der Waals surface area contributed by atoms with Crippen molar-refractivity contribution in [1.29, 1.82) is 0 Å². The zero-order valence-corrected chi connectivity index (χ0v) is 18.6. The summed E-state index contributed by atoms with van der Waals surface area (Å²) in [6.45, 7) is 4.65. The first-order valence-electron chi connectivity index (χ1n) is 10.5. The summed E-state index contributed by atoms with van der Waals surface area (Å²) in [6.07, 6.45) is 3.56. The van der Waals surface area contributed by atoms with E-state index in [-0.39, 0.29) is 17.9 Å². The van der Waals surface area contributed by atoms with Gasteiger partial charge in [-0.15, -0.1) is 0 Å². The van der Waals surface area contributed by atoms with Crippen LogP contribution in [-0.2, 0) is 11.3 Å². The molecule has 1 saturated heterocycles. The van der Waals surface area contributed by atoms with Crippen molar-refractivity contribution in [2.75, 3.05) is 25.1 Å². The molecule has 1 aliphatic heterocycles. The van der Waals surface area contributed by atoms with Gasteiger partial charge in [0, 0.05) is 31.2 Å². The van der Waals surface area contributed by atoms with Gasteiger partial charge >= 0.3 is 0 Å². The zero-order valence-electron chi connectivity index (χ0n) is 17.8. The summed E-state index contributed by atoms with van der Waals surface area (Å²) >= 11 is 1.68. The van der Waals surface area contributed by atoms with Gasteiger partial charge in [0.15, 0.2) is 0 Å². The van der Waals surface area contributed by atoms with Gasteiger partial charge in [0.1, 0.15) is 6.04 Å². The Kier molecular flexibility index (Phi) is 8.34. The number of likely N-dealkylation sites (tertiary alicyclic amines) is 1. The van der Waals surface area contributed by atoms with E-state index in [1.54, 1.807) is 17.8 Å². The van der Waals surface area contributed by atoms with Crippen LogP contribution in [-0.4, -0.2) is 53.9 Å². The smallest absolute Gasteiger partial charge is 0.251 e. The lowest BCUT2D eigenvalue weighted by Crippen LogP contribution is -2.50. The number of hydrogen-bond acceptors (Lipinski definition) is 4. The third-order valence-corrected chi connectivity index (χ3v) is 6.02. The van der Waals surface area contributed by atoms with Crippen molar-refractivity contribution in [1.82, 2.24) is 15.5 Å². The molecule has 0 aromatic heterocycles. The maximum absolute atomic E-state index is 13.0. The second-order valence-electron chi connectivity index (χ2n) is 7.89. The third kappa shape index (κ3) is 6.61. The van der Waals surface area contributed by atoms with E-state index in [4.69, 9.17) is 0 Å². The van der Waals surface area contributed by atoms with Crippen LogP contribution in [0.15, 0.2) is 54.6 Å². The highest BCUT2D eigenvalue weighted by Crippen LogP contribution is 2.14. The van der Waals surface area contributed by atoms with E-state index < -0.39 is 6.04 Å². The summed E-state index contributed by atoms with van der Waals surface area (Å²) in [4.78, 5) is 28.0. The first-order chi connectivity index (χ1) is 14.5. The Morgan fingerprint density at radius 2 is 1.97 bits per heavy atom. The number of aryl methyl sites for hydroxylation is 1. The Balaban J connectivity index is 1.55. The zero-order chi connectivity index (χ0) is 21.3. The number of carbonyl (C=O) groups is 2. The van der Waals surface area contributed by atoms with Crippen molar-refractivity contribution >= 4 is 23.6 Å². The second kappa shape index (κ2) is 11.2. The van der Waals surface area contributed by atoms with Crippen LogP contribution in [0.1, 0.15) is 34.3 Å². The minimum Gasteiger partial charge on any atom is -0.350 e. The average molecular weight is 426 g/mol. The Hall–Kier alpha value is -2.31. The molecule has 2 unspecified atom stereocenters. The Morgan fingerprint density at radius 3 is 2.70 bits per heavy atom. The number of nitrogens with one attached hydrogen (secondary N) is 2. The van der Waals surface area contributed by atoms with E-state index in [0.29, 0.717) is 12.0 Å². The molecule has 0 spiro atoms. The van der Waals surface area contributed by atoms with Crippen LogP contribution >= 0.6 is 11.8 Å². The second-order valence-corrected chi connectivity index (χ2v) is 8.88. The van der Waals surface area contributed by atoms with E-state index in [0.717, 1.165) is 37.4 Å². The Labute approximate surface area is 183 Å². The maximum atomic E-state index is 13.0. The molecule has 2 atom stereocenters.